The maximum absolute atomic E-state index is 12.6. The zero-order valence-corrected chi connectivity index (χ0v) is 13.8. The molecule has 130 valence electrons. The smallest absolute Gasteiger partial charge is 0.228 e. The summed E-state index contributed by atoms with van der Waals surface area (Å²) in [5.41, 5.74) is 3.33. The lowest BCUT2D eigenvalue weighted by Gasteiger charge is -2.24. The van der Waals surface area contributed by atoms with Gasteiger partial charge in [0.15, 0.2) is 0 Å². The molecular formula is C19H16N4O3. The molecule has 7 heteroatoms. The minimum Gasteiger partial charge on any atom is -0.351 e. The Kier molecular flexibility index (Phi) is 4.18. The Hall–Kier alpha value is -3.48. The minimum atomic E-state index is -0.474. The number of nitrogens with zero attached hydrogens (tertiary/aromatic N) is 2. The Balaban J connectivity index is 1.43. The van der Waals surface area contributed by atoms with Crippen molar-refractivity contribution in [1.82, 2.24) is 15.5 Å². The first kappa shape index (κ1) is 16.0. The molecule has 3 aromatic rings. The highest BCUT2D eigenvalue weighted by Crippen LogP contribution is 2.32. The van der Waals surface area contributed by atoms with E-state index in [9.17, 15) is 9.59 Å². The highest BCUT2D eigenvalue weighted by atomic mass is 16.5. The molecule has 7 nitrogen and oxygen atoms in total. The van der Waals surface area contributed by atoms with Gasteiger partial charge in [0.05, 0.1) is 5.92 Å². The van der Waals surface area contributed by atoms with Crippen molar-refractivity contribution in [1.29, 1.82) is 0 Å². The van der Waals surface area contributed by atoms with E-state index in [1.165, 1.54) is 6.39 Å². The van der Waals surface area contributed by atoms with E-state index in [2.05, 4.69) is 20.8 Å². The maximum Gasteiger partial charge on any atom is 0.228 e. The number of hydrogen-bond acceptors (Lipinski definition) is 5. The van der Waals surface area contributed by atoms with Crippen LogP contribution in [0.25, 0.3) is 11.4 Å². The van der Waals surface area contributed by atoms with E-state index < -0.39 is 5.92 Å². The number of amides is 2. The highest BCUT2D eigenvalue weighted by molar-refractivity contribution is 6.01. The van der Waals surface area contributed by atoms with Crippen LogP contribution in [0.2, 0.25) is 0 Å². The summed E-state index contributed by atoms with van der Waals surface area (Å²) in [4.78, 5) is 28.5. The van der Waals surface area contributed by atoms with Crippen molar-refractivity contribution < 1.29 is 14.1 Å². The zero-order valence-electron chi connectivity index (χ0n) is 13.8. The van der Waals surface area contributed by atoms with Gasteiger partial charge in [0.25, 0.3) is 0 Å². The number of anilines is 1. The third-order valence-corrected chi connectivity index (χ3v) is 4.36. The lowest BCUT2D eigenvalue weighted by atomic mass is 9.90. The van der Waals surface area contributed by atoms with Crippen LogP contribution in [0.5, 0.6) is 0 Å². The third kappa shape index (κ3) is 3.19. The second kappa shape index (κ2) is 6.79. The molecule has 0 unspecified atom stereocenters. The summed E-state index contributed by atoms with van der Waals surface area (Å²) in [6.07, 6.45) is 1.43. The molecule has 2 N–H and O–H groups in total. The molecule has 26 heavy (non-hydrogen) atoms. The van der Waals surface area contributed by atoms with Gasteiger partial charge in [-0.05, 0) is 17.2 Å². The van der Waals surface area contributed by atoms with Crippen LogP contribution < -0.4 is 10.6 Å². The van der Waals surface area contributed by atoms with Gasteiger partial charge < -0.3 is 15.2 Å². The Morgan fingerprint density at radius 3 is 2.77 bits per heavy atom. The topological polar surface area (TPSA) is 97.1 Å². The van der Waals surface area contributed by atoms with E-state index in [-0.39, 0.29) is 18.2 Å². The Morgan fingerprint density at radius 2 is 2.00 bits per heavy atom. The molecule has 1 aliphatic heterocycles. The van der Waals surface area contributed by atoms with Crippen LogP contribution in [0.4, 0.5) is 5.69 Å². The van der Waals surface area contributed by atoms with Gasteiger partial charge in [-0.15, -0.1) is 0 Å². The molecule has 0 fully saturated rings. The number of hydrogen-bond donors (Lipinski definition) is 2. The van der Waals surface area contributed by atoms with E-state index in [0.29, 0.717) is 18.1 Å². The van der Waals surface area contributed by atoms with Crippen LogP contribution in [0.15, 0.2) is 59.4 Å². The van der Waals surface area contributed by atoms with Gasteiger partial charge in [-0.3, -0.25) is 9.59 Å². The SMILES string of the molecule is O=C1C[C@@H](C(=O)NCc2ccc(-c3ncon3)cc2)c2ccccc2N1. The van der Waals surface area contributed by atoms with Crippen LogP contribution in [0.3, 0.4) is 0 Å². The first-order valence-electron chi connectivity index (χ1n) is 8.23. The first-order valence-corrected chi connectivity index (χ1v) is 8.23. The molecule has 0 spiro atoms. The van der Waals surface area contributed by atoms with Gasteiger partial charge in [0.1, 0.15) is 0 Å². The third-order valence-electron chi connectivity index (χ3n) is 4.36. The summed E-state index contributed by atoms with van der Waals surface area (Å²) < 4.78 is 4.73. The number of para-hydroxylation sites is 1. The summed E-state index contributed by atoms with van der Waals surface area (Å²) in [5, 5.41) is 9.50. The van der Waals surface area contributed by atoms with E-state index in [1.54, 1.807) is 0 Å². The van der Waals surface area contributed by atoms with Crippen molar-refractivity contribution >= 4 is 17.5 Å². The fourth-order valence-electron chi connectivity index (χ4n) is 3.03. The van der Waals surface area contributed by atoms with E-state index in [1.807, 2.05) is 48.5 Å². The number of rotatable bonds is 4. The largest absolute Gasteiger partial charge is 0.351 e. The molecule has 2 amide bonds. The molecule has 0 saturated heterocycles. The zero-order chi connectivity index (χ0) is 17.9. The summed E-state index contributed by atoms with van der Waals surface area (Å²) >= 11 is 0. The summed E-state index contributed by atoms with van der Waals surface area (Å²) in [7, 11) is 0. The average Bonchev–Trinajstić information content (AvgIpc) is 3.20. The predicted molar refractivity (Wildman–Crippen MR) is 94.0 cm³/mol. The highest BCUT2D eigenvalue weighted by Gasteiger charge is 2.30. The molecule has 0 radical (unpaired) electrons. The number of aromatic nitrogens is 2. The number of nitrogens with one attached hydrogen (secondary N) is 2. The van der Waals surface area contributed by atoms with Gasteiger partial charge in [-0.2, -0.15) is 4.98 Å². The molecule has 1 aliphatic rings. The number of benzene rings is 2. The van der Waals surface area contributed by atoms with Crippen LogP contribution in [-0.4, -0.2) is 22.0 Å². The van der Waals surface area contributed by atoms with Crippen molar-refractivity contribution in [2.75, 3.05) is 5.32 Å². The fourth-order valence-corrected chi connectivity index (χ4v) is 3.03. The van der Waals surface area contributed by atoms with Crippen LogP contribution >= 0.6 is 0 Å². The van der Waals surface area contributed by atoms with Gasteiger partial charge in [0.2, 0.25) is 24.0 Å². The summed E-state index contributed by atoms with van der Waals surface area (Å²) in [6, 6.07) is 14.9. The van der Waals surface area contributed by atoms with Gasteiger partial charge in [-0.25, -0.2) is 0 Å². The lowest BCUT2D eigenvalue weighted by Crippen LogP contribution is -2.34. The van der Waals surface area contributed by atoms with Crippen molar-refractivity contribution in [3.8, 4) is 11.4 Å². The Morgan fingerprint density at radius 1 is 1.19 bits per heavy atom. The molecule has 1 atom stereocenters. The standard InChI is InChI=1S/C19H16N4O3/c24-17-9-15(14-3-1-2-4-16(14)22-17)19(25)20-10-12-5-7-13(8-6-12)18-21-11-26-23-18/h1-8,11,15H,9-10H2,(H,20,25)(H,22,24)/t15-/m1/s1. The van der Waals surface area contributed by atoms with E-state index in [0.717, 1.165) is 16.7 Å². The van der Waals surface area contributed by atoms with Crippen molar-refractivity contribution in [3.63, 3.8) is 0 Å². The first-order chi connectivity index (χ1) is 12.7. The summed E-state index contributed by atoms with van der Waals surface area (Å²) in [6.45, 7) is 0.381. The van der Waals surface area contributed by atoms with Crippen molar-refractivity contribution in [3.05, 3.63) is 66.1 Å². The van der Waals surface area contributed by atoms with Crippen molar-refractivity contribution in [2.45, 2.75) is 18.9 Å². The van der Waals surface area contributed by atoms with E-state index >= 15 is 0 Å². The second-order valence-corrected chi connectivity index (χ2v) is 6.06. The number of carbonyl (C=O) groups excluding carboxylic acids is 2. The van der Waals surface area contributed by atoms with Gasteiger partial charge >= 0.3 is 0 Å². The molecule has 2 heterocycles. The number of fused-ring (bicyclic) bond motifs is 1. The van der Waals surface area contributed by atoms with Gasteiger partial charge in [0, 0.05) is 24.2 Å². The molecule has 4 rings (SSSR count). The molecule has 0 aliphatic carbocycles. The number of carbonyl (C=O) groups is 2. The molecule has 2 aromatic carbocycles. The monoisotopic (exact) mass is 348 g/mol. The fraction of sp³-hybridized carbons (Fsp3) is 0.158. The van der Waals surface area contributed by atoms with E-state index in [4.69, 9.17) is 4.52 Å². The lowest BCUT2D eigenvalue weighted by molar-refractivity contribution is -0.126. The second-order valence-electron chi connectivity index (χ2n) is 6.06. The van der Waals surface area contributed by atoms with Crippen LogP contribution in [0.1, 0.15) is 23.5 Å². The minimum absolute atomic E-state index is 0.145. The maximum atomic E-state index is 12.6. The predicted octanol–water partition coefficient (Wildman–Crippen LogP) is 2.48. The van der Waals surface area contributed by atoms with Crippen LogP contribution in [-0.2, 0) is 16.1 Å². The molecule has 0 bridgehead atoms. The van der Waals surface area contributed by atoms with Crippen molar-refractivity contribution in [2.24, 2.45) is 0 Å². The molecule has 0 saturated carbocycles. The molecule has 1 aromatic heterocycles. The van der Waals surface area contributed by atoms with Gasteiger partial charge in [-0.1, -0.05) is 47.6 Å². The normalized spacial score (nSPS) is 15.8. The molecular weight excluding hydrogens is 332 g/mol. The Bertz CT molecular complexity index is 936. The average molecular weight is 348 g/mol. The Labute approximate surface area is 149 Å². The quantitative estimate of drug-likeness (QED) is 0.755. The summed E-state index contributed by atoms with van der Waals surface area (Å²) in [5.74, 6) is -0.258. The van der Waals surface area contributed by atoms with Crippen LogP contribution in [0, 0.1) is 0 Å².